The van der Waals surface area contributed by atoms with Crippen molar-refractivity contribution in [3.05, 3.63) is 67.0 Å². The van der Waals surface area contributed by atoms with Gasteiger partial charge in [0.2, 0.25) is 15.9 Å². The summed E-state index contributed by atoms with van der Waals surface area (Å²) in [4.78, 5) is 16.8. The van der Waals surface area contributed by atoms with Gasteiger partial charge in [-0.3, -0.25) is 9.78 Å². The number of benzene rings is 2. The van der Waals surface area contributed by atoms with E-state index < -0.39 is 10.0 Å². The minimum atomic E-state index is -3.62. The van der Waals surface area contributed by atoms with Crippen LogP contribution in [0.3, 0.4) is 0 Å². The maximum atomic E-state index is 13.2. The van der Waals surface area contributed by atoms with Crippen molar-refractivity contribution in [3.63, 3.8) is 0 Å². The summed E-state index contributed by atoms with van der Waals surface area (Å²) in [7, 11) is -3.62. The summed E-state index contributed by atoms with van der Waals surface area (Å²) in [5, 5.41) is 4.37. The first kappa shape index (κ1) is 18.6. The molecule has 0 bridgehead atoms. The van der Waals surface area contributed by atoms with Gasteiger partial charge in [-0.15, -0.1) is 0 Å². The maximum Gasteiger partial charge on any atom is 0.243 e. The highest BCUT2D eigenvalue weighted by Crippen LogP contribution is 2.29. The number of amides is 1. The lowest BCUT2D eigenvalue weighted by atomic mass is 9.97. The number of piperidine rings is 1. The van der Waals surface area contributed by atoms with Gasteiger partial charge in [0.25, 0.3) is 0 Å². The molecule has 6 nitrogen and oxygen atoms in total. The zero-order chi connectivity index (χ0) is 19.6. The minimum Gasteiger partial charge on any atom is -0.326 e. The van der Waals surface area contributed by atoms with Crippen molar-refractivity contribution in [2.75, 3.05) is 18.4 Å². The quantitative estimate of drug-likeness (QED) is 0.735. The minimum absolute atomic E-state index is 0.0560. The molecule has 0 atom stereocenters. The molecule has 0 radical (unpaired) electrons. The van der Waals surface area contributed by atoms with Gasteiger partial charge in [-0.1, -0.05) is 30.3 Å². The van der Waals surface area contributed by atoms with E-state index in [2.05, 4.69) is 10.3 Å². The first-order valence-corrected chi connectivity index (χ1v) is 10.7. The second kappa shape index (κ2) is 7.69. The van der Waals surface area contributed by atoms with E-state index in [1.54, 1.807) is 30.6 Å². The molecule has 1 fully saturated rings. The Labute approximate surface area is 164 Å². The number of fused-ring (bicyclic) bond motifs is 1. The molecule has 1 N–H and O–H groups in total. The van der Waals surface area contributed by atoms with Crippen LogP contribution in [0.15, 0.2) is 71.9 Å². The molecule has 4 rings (SSSR count). The van der Waals surface area contributed by atoms with Crippen LogP contribution >= 0.6 is 0 Å². The van der Waals surface area contributed by atoms with Crippen LogP contribution in [0.1, 0.15) is 12.8 Å². The lowest BCUT2D eigenvalue weighted by Gasteiger charge is -2.30. The van der Waals surface area contributed by atoms with Crippen LogP contribution in [0.4, 0.5) is 5.69 Å². The van der Waals surface area contributed by atoms with Crippen LogP contribution in [-0.2, 0) is 14.8 Å². The van der Waals surface area contributed by atoms with Crippen molar-refractivity contribution in [2.24, 2.45) is 5.92 Å². The fourth-order valence-electron chi connectivity index (χ4n) is 3.58. The van der Waals surface area contributed by atoms with Crippen molar-refractivity contribution in [1.82, 2.24) is 9.29 Å². The molecule has 0 saturated carbocycles. The molecule has 28 heavy (non-hydrogen) atoms. The molecule has 0 spiro atoms. The number of pyridine rings is 1. The van der Waals surface area contributed by atoms with E-state index in [9.17, 15) is 13.2 Å². The lowest BCUT2D eigenvalue weighted by molar-refractivity contribution is -0.120. The molecular weight excluding hydrogens is 374 g/mol. The van der Waals surface area contributed by atoms with Crippen molar-refractivity contribution < 1.29 is 13.2 Å². The van der Waals surface area contributed by atoms with E-state index in [1.807, 2.05) is 36.4 Å². The van der Waals surface area contributed by atoms with Crippen LogP contribution in [0, 0.1) is 5.92 Å². The molecule has 3 aromatic rings. The molecular formula is C21H21N3O3S. The maximum absolute atomic E-state index is 13.2. The fraction of sp³-hybridized carbons (Fsp3) is 0.238. The molecule has 0 aliphatic carbocycles. The van der Waals surface area contributed by atoms with Gasteiger partial charge in [-0.25, -0.2) is 8.42 Å². The molecule has 2 heterocycles. The predicted molar refractivity (Wildman–Crippen MR) is 108 cm³/mol. The van der Waals surface area contributed by atoms with Crippen molar-refractivity contribution in [2.45, 2.75) is 17.7 Å². The van der Waals surface area contributed by atoms with Gasteiger partial charge in [0.05, 0.1) is 4.90 Å². The van der Waals surface area contributed by atoms with Crippen LogP contribution in [-0.4, -0.2) is 36.7 Å². The van der Waals surface area contributed by atoms with Crippen molar-refractivity contribution in [1.29, 1.82) is 0 Å². The molecule has 144 valence electrons. The second-order valence-corrected chi connectivity index (χ2v) is 8.79. The smallest absolute Gasteiger partial charge is 0.243 e. The highest BCUT2D eigenvalue weighted by molar-refractivity contribution is 7.89. The second-order valence-electron chi connectivity index (χ2n) is 6.89. The van der Waals surface area contributed by atoms with E-state index in [0.717, 1.165) is 11.1 Å². The van der Waals surface area contributed by atoms with Crippen LogP contribution in [0.25, 0.3) is 10.8 Å². The number of para-hydroxylation sites is 1. The number of hydrogen-bond acceptors (Lipinski definition) is 4. The van der Waals surface area contributed by atoms with E-state index >= 15 is 0 Å². The third-order valence-corrected chi connectivity index (χ3v) is 7.08. The molecule has 1 aliphatic heterocycles. The summed E-state index contributed by atoms with van der Waals surface area (Å²) < 4.78 is 27.8. The van der Waals surface area contributed by atoms with Gasteiger partial charge >= 0.3 is 0 Å². The zero-order valence-corrected chi connectivity index (χ0v) is 16.1. The molecule has 0 unspecified atom stereocenters. The van der Waals surface area contributed by atoms with Gasteiger partial charge in [-0.2, -0.15) is 4.31 Å². The molecule has 2 aromatic carbocycles. The van der Waals surface area contributed by atoms with E-state index in [0.29, 0.717) is 36.2 Å². The Balaban J connectivity index is 1.47. The van der Waals surface area contributed by atoms with Gasteiger partial charge in [0.1, 0.15) is 0 Å². The topological polar surface area (TPSA) is 79.4 Å². The Bertz CT molecular complexity index is 1090. The fourth-order valence-corrected chi connectivity index (χ4v) is 5.27. The van der Waals surface area contributed by atoms with Gasteiger partial charge in [0, 0.05) is 47.9 Å². The van der Waals surface area contributed by atoms with Crippen LogP contribution in [0.5, 0.6) is 0 Å². The number of anilines is 1. The van der Waals surface area contributed by atoms with Crippen molar-refractivity contribution in [3.8, 4) is 0 Å². The first-order valence-electron chi connectivity index (χ1n) is 9.24. The van der Waals surface area contributed by atoms with Crippen molar-refractivity contribution >= 4 is 32.4 Å². The number of carbonyl (C=O) groups is 1. The number of carbonyl (C=O) groups excluding carboxylic acids is 1. The third kappa shape index (κ3) is 3.63. The lowest BCUT2D eigenvalue weighted by Crippen LogP contribution is -2.41. The summed E-state index contributed by atoms with van der Waals surface area (Å²) in [6.45, 7) is 0.660. The predicted octanol–water partition coefficient (Wildman–Crippen LogP) is 3.27. The standard InChI is InChI=1S/C21H21N3O3S/c25-21(23-18-6-2-1-3-7-18)16-10-13-24(14-11-16)28(26,27)20-8-4-5-17-15-22-12-9-19(17)20/h1-9,12,15-16H,10-11,13-14H2,(H,23,25). The van der Waals surface area contributed by atoms with Gasteiger partial charge < -0.3 is 5.32 Å². The van der Waals surface area contributed by atoms with E-state index in [1.165, 1.54) is 4.31 Å². The molecule has 1 aromatic heterocycles. The normalized spacial score (nSPS) is 16.1. The number of hydrogen-bond donors (Lipinski definition) is 1. The molecule has 7 heteroatoms. The Hall–Kier alpha value is -2.77. The first-order chi connectivity index (χ1) is 13.6. The number of sulfonamides is 1. The number of nitrogens with one attached hydrogen (secondary N) is 1. The average Bonchev–Trinajstić information content (AvgIpc) is 2.74. The van der Waals surface area contributed by atoms with E-state index in [4.69, 9.17) is 0 Å². The molecule has 1 amide bonds. The van der Waals surface area contributed by atoms with Crippen LogP contribution < -0.4 is 5.32 Å². The summed E-state index contributed by atoms with van der Waals surface area (Å²) in [5.74, 6) is -0.247. The Morgan fingerprint density at radius 1 is 1.00 bits per heavy atom. The van der Waals surface area contributed by atoms with Gasteiger partial charge in [-0.05, 0) is 37.1 Å². The third-order valence-electron chi connectivity index (χ3n) is 5.12. The highest BCUT2D eigenvalue weighted by atomic mass is 32.2. The SMILES string of the molecule is O=C(Nc1ccccc1)C1CCN(S(=O)(=O)c2cccc3cnccc23)CC1. The number of nitrogens with zero attached hydrogens (tertiary/aromatic N) is 2. The van der Waals surface area contributed by atoms with Gasteiger partial charge in [0.15, 0.2) is 0 Å². The summed E-state index contributed by atoms with van der Waals surface area (Å²) in [6, 6.07) is 16.2. The number of rotatable bonds is 4. The largest absolute Gasteiger partial charge is 0.326 e. The summed E-state index contributed by atoms with van der Waals surface area (Å²) >= 11 is 0. The Morgan fingerprint density at radius 2 is 1.75 bits per heavy atom. The average molecular weight is 395 g/mol. The Kier molecular flexibility index (Phi) is 5.11. The zero-order valence-electron chi connectivity index (χ0n) is 15.3. The Morgan fingerprint density at radius 3 is 2.50 bits per heavy atom. The highest BCUT2D eigenvalue weighted by Gasteiger charge is 2.32. The molecule has 1 saturated heterocycles. The van der Waals surface area contributed by atoms with E-state index in [-0.39, 0.29) is 11.8 Å². The molecule has 1 aliphatic rings. The summed E-state index contributed by atoms with van der Waals surface area (Å²) in [6.07, 6.45) is 4.27. The van der Waals surface area contributed by atoms with Crippen LogP contribution in [0.2, 0.25) is 0 Å². The summed E-state index contributed by atoms with van der Waals surface area (Å²) in [5.41, 5.74) is 0.756. The number of aromatic nitrogens is 1. The monoisotopic (exact) mass is 395 g/mol.